The van der Waals surface area contributed by atoms with Crippen LogP contribution in [0.4, 0.5) is 4.39 Å². The highest BCUT2D eigenvalue weighted by Crippen LogP contribution is 2.12. The van der Waals surface area contributed by atoms with E-state index in [1.54, 1.807) is 19.1 Å². The lowest BCUT2D eigenvalue weighted by atomic mass is 10.1. The van der Waals surface area contributed by atoms with Crippen molar-refractivity contribution in [1.29, 1.82) is 0 Å². The molecule has 0 aliphatic carbocycles. The van der Waals surface area contributed by atoms with Crippen LogP contribution < -0.4 is 0 Å². The van der Waals surface area contributed by atoms with Crippen LogP contribution in [0.5, 0.6) is 0 Å². The van der Waals surface area contributed by atoms with E-state index in [9.17, 15) is 14.5 Å². The minimum Gasteiger partial charge on any atom is -0.265 e. The molecule has 0 fully saturated rings. The van der Waals surface area contributed by atoms with Gasteiger partial charge in [-0.1, -0.05) is 12.1 Å². The fourth-order valence-corrected chi connectivity index (χ4v) is 1.13. The van der Waals surface area contributed by atoms with Gasteiger partial charge in [0.2, 0.25) is 6.54 Å². The van der Waals surface area contributed by atoms with Crippen LogP contribution in [0.3, 0.4) is 0 Å². The van der Waals surface area contributed by atoms with E-state index in [0.29, 0.717) is 11.1 Å². The molecule has 70 valence electrons. The highest BCUT2D eigenvalue weighted by Gasteiger charge is 2.05. The Morgan fingerprint density at radius 2 is 2.23 bits per heavy atom. The summed E-state index contributed by atoms with van der Waals surface area (Å²) < 4.78 is 12.9. The van der Waals surface area contributed by atoms with Crippen molar-refractivity contribution in [2.24, 2.45) is 0 Å². The predicted molar refractivity (Wildman–Crippen MR) is 46.7 cm³/mol. The van der Waals surface area contributed by atoms with Crippen LogP contribution in [0.25, 0.3) is 0 Å². The highest BCUT2D eigenvalue weighted by molar-refractivity contribution is 5.27. The maximum Gasteiger partial charge on any atom is 0.207 e. The molecular weight excluding hydrogens is 173 g/mol. The van der Waals surface area contributed by atoms with Crippen LogP contribution in [-0.2, 0) is 6.42 Å². The van der Waals surface area contributed by atoms with Crippen LogP contribution in [0, 0.1) is 22.9 Å². The average molecular weight is 183 g/mol. The first-order chi connectivity index (χ1) is 6.11. The molecule has 0 aromatic heterocycles. The Labute approximate surface area is 75.3 Å². The number of rotatable bonds is 3. The normalized spacial score (nSPS) is 10.0. The smallest absolute Gasteiger partial charge is 0.207 e. The van der Waals surface area contributed by atoms with E-state index >= 15 is 0 Å². The van der Waals surface area contributed by atoms with Gasteiger partial charge in [0.25, 0.3) is 0 Å². The summed E-state index contributed by atoms with van der Waals surface area (Å²) in [5.74, 6) is -0.305. The lowest BCUT2D eigenvalue weighted by Crippen LogP contribution is -2.05. The van der Waals surface area contributed by atoms with Gasteiger partial charge in [-0.05, 0) is 24.1 Å². The molecule has 0 atom stereocenters. The first kappa shape index (κ1) is 9.64. The molecular formula is C9H10FNO2. The van der Waals surface area contributed by atoms with Gasteiger partial charge in [0.15, 0.2) is 0 Å². The van der Waals surface area contributed by atoms with Crippen LogP contribution in [-0.4, -0.2) is 11.5 Å². The Morgan fingerprint density at radius 3 is 2.85 bits per heavy atom. The highest BCUT2D eigenvalue weighted by atomic mass is 19.1. The first-order valence-electron chi connectivity index (χ1n) is 3.97. The minimum atomic E-state index is -0.398. The molecule has 0 spiro atoms. The maximum absolute atomic E-state index is 12.9. The van der Waals surface area contributed by atoms with E-state index in [1.807, 2.05) is 0 Å². The van der Waals surface area contributed by atoms with Gasteiger partial charge in [-0.15, -0.1) is 0 Å². The number of nitrogens with zero attached hydrogens (tertiary/aromatic N) is 1. The molecule has 1 aromatic rings. The summed E-state index contributed by atoms with van der Waals surface area (Å²) in [7, 11) is 0. The second-order valence-corrected chi connectivity index (χ2v) is 2.83. The zero-order valence-corrected chi connectivity index (χ0v) is 7.29. The van der Waals surface area contributed by atoms with Crippen molar-refractivity contribution >= 4 is 0 Å². The first-order valence-corrected chi connectivity index (χ1v) is 3.97. The molecule has 0 amide bonds. The van der Waals surface area contributed by atoms with E-state index in [1.165, 1.54) is 6.07 Å². The van der Waals surface area contributed by atoms with Gasteiger partial charge in [0.1, 0.15) is 5.82 Å². The molecule has 0 aliphatic rings. The number of halogens is 1. The molecule has 1 aromatic carbocycles. The number of hydrogen-bond acceptors (Lipinski definition) is 2. The summed E-state index contributed by atoms with van der Waals surface area (Å²) in [6.07, 6.45) is 0.288. The van der Waals surface area contributed by atoms with Crippen LogP contribution in [0.2, 0.25) is 0 Å². The zero-order valence-electron chi connectivity index (χ0n) is 7.29. The lowest BCUT2D eigenvalue weighted by molar-refractivity contribution is -0.479. The summed E-state index contributed by atoms with van der Waals surface area (Å²) in [5.41, 5.74) is 1.21. The Bertz CT molecular complexity index is 325. The van der Waals surface area contributed by atoms with Gasteiger partial charge in [0, 0.05) is 11.3 Å². The second-order valence-electron chi connectivity index (χ2n) is 2.83. The van der Waals surface area contributed by atoms with Crippen molar-refractivity contribution in [2.75, 3.05) is 6.54 Å². The van der Waals surface area contributed by atoms with Gasteiger partial charge < -0.3 is 0 Å². The molecule has 3 nitrogen and oxygen atoms in total. The van der Waals surface area contributed by atoms with Crippen molar-refractivity contribution in [2.45, 2.75) is 13.3 Å². The topological polar surface area (TPSA) is 43.1 Å². The van der Waals surface area contributed by atoms with E-state index < -0.39 is 4.92 Å². The standard InChI is InChI=1S/C9H10FNO2/c1-7-8(5-6-11(12)13)3-2-4-9(7)10/h2-4H,5-6H2,1H3. The SMILES string of the molecule is Cc1c(F)cccc1CC[N+](=O)[O-]. The fraction of sp³-hybridized carbons (Fsp3) is 0.333. The number of hydrogen-bond donors (Lipinski definition) is 0. The molecule has 0 saturated carbocycles. The van der Waals surface area contributed by atoms with Gasteiger partial charge in [0.05, 0.1) is 0 Å². The van der Waals surface area contributed by atoms with Gasteiger partial charge in [-0.3, -0.25) is 10.1 Å². The second kappa shape index (κ2) is 3.98. The summed E-state index contributed by atoms with van der Waals surface area (Å²) in [5, 5.41) is 10.1. The summed E-state index contributed by atoms with van der Waals surface area (Å²) in [4.78, 5) is 9.68. The molecule has 1 rings (SSSR count). The molecule has 0 saturated heterocycles. The van der Waals surface area contributed by atoms with E-state index in [4.69, 9.17) is 0 Å². The van der Waals surface area contributed by atoms with Gasteiger partial charge in [-0.2, -0.15) is 0 Å². The van der Waals surface area contributed by atoms with Crippen LogP contribution in [0.1, 0.15) is 11.1 Å². The monoisotopic (exact) mass is 183 g/mol. The number of benzene rings is 1. The Morgan fingerprint density at radius 1 is 1.54 bits per heavy atom. The van der Waals surface area contributed by atoms with Crippen LogP contribution >= 0.6 is 0 Å². The van der Waals surface area contributed by atoms with Crippen molar-refractivity contribution < 1.29 is 9.31 Å². The molecule has 0 unspecified atom stereocenters. The van der Waals surface area contributed by atoms with Crippen molar-refractivity contribution in [3.63, 3.8) is 0 Å². The summed E-state index contributed by atoms with van der Waals surface area (Å²) >= 11 is 0. The zero-order chi connectivity index (χ0) is 9.84. The minimum absolute atomic E-state index is 0.149. The summed E-state index contributed by atoms with van der Waals surface area (Å²) in [6, 6.07) is 4.63. The van der Waals surface area contributed by atoms with Crippen molar-refractivity contribution in [3.05, 3.63) is 45.3 Å². The Kier molecular flexibility index (Phi) is 2.95. The molecule has 0 aliphatic heterocycles. The Hall–Kier alpha value is -1.45. The van der Waals surface area contributed by atoms with Gasteiger partial charge in [-0.25, -0.2) is 4.39 Å². The van der Waals surface area contributed by atoms with Crippen molar-refractivity contribution in [3.8, 4) is 0 Å². The third kappa shape index (κ3) is 2.50. The van der Waals surface area contributed by atoms with E-state index in [2.05, 4.69) is 0 Å². The molecule has 0 bridgehead atoms. The predicted octanol–water partition coefficient (Wildman–Crippen LogP) is 1.95. The summed E-state index contributed by atoms with van der Waals surface area (Å²) in [6.45, 7) is 1.48. The third-order valence-electron chi connectivity index (χ3n) is 1.94. The Balaban J connectivity index is 2.77. The molecule has 0 radical (unpaired) electrons. The quantitative estimate of drug-likeness (QED) is 0.531. The molecule has 4 heteroatoms. The third-order valence-corrected chi connectivity index (χ3v) is 1.94. The average Bonchev–Trinajstić information content (AvgIpc) is 2.07. The number of nitro groups is 1. The van der Waals surface area contributed by atoms with Crippen LogP contribution in [0.15, 0.2) is 18.2 Å². The fourth-order valence-electron chi connectivity index (χ4n) is 1.13. The van der Waals surface area contributed by atoms with Crippen molar-refractivity contribution in [1.82, 2.24) is 0 Å². The largest absolute Gasteiger partial charge is 0.265 e. The molecule has 13 heavy (non-hydrogen) atoms. The lowest BCUT2D eigenvalue weighted by Gasteiger charge is -2.02. The van der Waals surface area contributed by atoms with Gasteiger partial charge >= 0.3 is 0 Å². The maximum atomic E-state index is 12.9. The van der Waals surface area contributed by atoms with E-state index in [-0.39, 0.29) is 18.8 Å². The van der Waals surface area contributed by atoms with E-state index in [0.717, 1.165) is 0 Å². The molecule has 0 N–H and O–H groups in total. The molecule has 0 heterocycles.